The molecule has 0 saturated heterocycles. The third-order valence-electron chi connectivity index (χ3n) is 15.0. The highest BCUT2D eigenvalue weighted by Gasteiger charge is 2.23. The Morgan fingerprint density at radius 1 is 0.414 bits per heavy atom. The van der Waals surface area contributed by atoms with Gasteiger partial charge in [0.1, 0.15) is 13.2 Å². The molecule has 87 heavy (non-hydrogen) atoms. The Labute approximate surface area is 537 Å². The van der Waals surface area contributed by atoms with Crippen LogP contribution in [0.4, 0.5) is 0 Å². The molecule has 0 aliphatic rings. The number of likely N-dealkylation sites (N-methyl/N-ethyl adjacent to an activating group) is 1. The summed E-state index contributed by atoms with van der Waals surface area (Å²) in [6, 6.07) is -0.928. The summed E-state index contributed by atoms with van der Waals surface area (Å²) in [5, 5.41) is 13.9. The maximum atomic E-state index is 13.0. The van der Waals surface area contributed by atoms with Crippen molar-refractivity contribution in [2.75, 3.05) is 40.9 Å². The molecule has 0 spiro atoms. The highest BCUT2D eigenvalue weighted by Crippen LogP contribution is 2.38. The van der Waals surface area contributed by atoms with Crippen LogP contribution in [0.25, 0.3) is 0 Å². The first-order valence-electron chi connectivity index (χ1n) is 35.3. The summed E-state index contributed by atoms with van der Waals surface area (Å²) in [6.07, 6.45) is 104. The van der Waals surface area contributed by atoms with Crippen molar-refractivity contribution in [1.82, 2.24) is 5.32 Å². The summed E-state index contributed by atoms with van der Waals surface area (Å²) in [6.45, 7) is 4.51. The molecule has 0 saturated carbocycles. The number of allylic oxidation sites excluding steroid dienone is 25. The van der Waals surface area contributed by atoms with Crippen molar-refractivity contribution in [3.8, 4) is 0 Å². The molecule has 496 valence electrons. The number of carbonyl (C=O) groups is 1. The number of phosphoric ester groups is 1. The third-order valence-corrected chi connectivity index (χ3v) is 15.9. The van der Waals surface area contributed by atoms with Gasteiger partial charge in [-0.25, -0.2) is 0 Å². The molecular weight excluding hydrogens is 1090 g/mol. The van der Waals surface area contributed by atoms with Crippen molar-refractivity contribution in [2.24, 2.45) is 0 Å². The van der Waals surface area contributed by atoms with E-state index in [0.29, 0.717) is 17.4 Å². The van der Waals surface area contributed by atoms with Crippen LogP contribution in [0, 0.1) is 0 Å². The van der Waals surface area contributed by atoms with Crippen molar-refractivity contribution >= 4 is 13.7 Å². The Morgan fingerprint density at radius 3 is 1.07 bits per heavy atom. The summed E-state index contributed by atoms with van der Waals surface area (Å²) < 4.78 is 23.4. The largest absolute Gasteiger partial charge is 0.756 e. The van der Waals surface area contributed by atoms with E-state index in [-0.39, 0.29) is 12.5 Å². The lowest BCUT2D eigenvalue weighted by molar-refractivity contribution is -0.870. The summed E-state index contributed by atoms with van der Waals surface area (Å²) in [5.41, 5.74) is 0. The topological polar surface area (TPSA) is 108 Å². The lowest BCUT2D eigenvalue weighted by atomic mass is 10.0. The number of quaternary nitrogens is 1. The first-order valence-corrected chi connectivity index (χ1v) is 36.8. The van der Waals surface area contributed by atoms with Gasteiger partial charge in [-0.05, 0) is 116 Å². The second kappa shape index (κ2) is 66.5. The molecule has 0 bridgehead atoms. The molecule has 0 heterocycles. The number of nitrogens with zero attached hydrogens (tertiary/aromatic N) is 1. The molecule has 8 nitrogen and oxygen atoms in total. The molecular formula is C78H133N2O6P. The summed E-state index contributed by atoms with van der Waals surface area (Å²) >= 11 is 0. The third kappa shape index (κ3) is 69.5. The van der Waals surface area contributed by atoms with Crippen LogP contribution >= 0.6 is 7.82 Å². The second-order valence-electron chi connectivity index (χ2n) is 24.5. The van der Waals surface area contributed by atoms with Gasteiger partial charge in [0.2, 0.25) is 5.91 Å². The minimum Gasteiger partial charge on any atom is -0.756 e. The normalized spacial score (nSPS) is 14.6. The van der Waals surface area contributed by atoms with E-state index in [1.54, 1.807) is 6.08 Å². The van der Waals surface area contributed by atoms with Gasteiger partial charge in [-0.2, -0.15) is 0 Å². The van der Waals surface area contributed by atoms with Gasteiger partial charge in [-0.1, -0.05) is 313 Å². The van der Waals surface area contributed by atoms with Crippen LogP contribution in [0.3, 0.4) is 0 Å². The Hall–Kier alpha value is -3.88. The van der Waals surface area contributed by atoms with E-state index in [1.807, 2.05) is 27.2 Å². The fraction of sp³-hybridized carbons (Fsp3) is 0.654. The summed E-state index contributed by atoms with van der Waals surface area (Å²) in [4.78, 5) is 25.6. The van der Waals surface area contributed by atoms with Crippen molar-refractivity contribution in [1.29, 1.82) is 0 Å². The number of amides is 1. The van der Waals surface area contributed by atoms with Crippen molar-refractivity contribution in [3.63, 3.8) is 0 Å². The average molecular weight is 1230 g/mol. The number of phosphoric acid groups is 1. The molecule has 0 aromatic heterocycles. The zero-order valence-corrected chi connectivity index (χ0v) is 57.6. The lowest BCUT2D eigenvalue weighted by Gasteiger charge is -2.29. The van der Waals surface area contributed by atoms with Gasteiger partial charge in [0.25, 0.3) is 7.82 Å². The molecule has 0 rings (SSSR count). The van der Waals surface area contributed by atoms with Crippen LogP contribution < -0.4 is 10.2 Å². The minimum absolute atomic E-state index is 0.0185. The molecule has 0 aliphatic heterocycles. The first-order chi connectivity index (χ1) is 42.5. The first kappa shape index (κ1) is 83.1. The molecule has 0 aromatic rings. The average Bonchev–Trinajstić information content (AvgIpc) is 3.69. The maximum Gasteiger partial charge on any atom is 0.268 e. The predicted molar refractivity (Wildman–Crippen MR) is 380 cm³/mol. The lowest BCUT2D eigenvalue weighted by Crippen LogP contribution is -2.45. The van der Waals surface area contributed by atoms with E-state index < -0.39 is 26.6 Å². The van der Waals surface area contributed by atoms with Gasteiger partial charge < -0.3 is 28.8 Å². The molecule has 3 unspecified atom stereocenters. The fourth-order valence-corrected chi connectivity index (χ4v) is 10.3. The van der Waals surface area contributed by atoms with Gasteiger partial charge in [0.15, 0.2) is 0 Å². The summed E-state index contributed by atoms with van der Waals surface area (Å²) in [5.74, 6) is -0.230. The standard InChI is InChI=1S/C78H133N2O6P/c1-6-8-10-12-14-16-18-20-22-24-26-28-30-32-34-35-36-37-38-39-40-41-42-43-44-45-46-48-50-52-54-56-58-60-62-64-66-68-70-72-78(82)79-76(75-86-87(83,84)85-74-73-80(3,4)5)77(81)71-69-67-65-63-61-59-57-55-53-51-49-47-33-31-29-27-25-23-21-19-17-15-13-11-9-7-2/h8,10,14,16,20,22,26,28,32,34,36-37,39-40,42-43,45-46,50,52,56,58,61,63,69,71,76-77,81H,6-7,9,11-13,15,17-19,21,23-25,27,29-31,33,35,38,41,44,47-49,51,53-55,57,59-60,62,64-68,70,72-75H2,1-5H3,(H-,79,82,83,84)/b10-8-,16-14-,22-20-,28-26-,34-32-,37-36-,40-39-,43-42-,46-45-,52-50-,58-56-,63-61+,71-69+. The quantitative estimate of drug-likeness (QED) is 0.0272. The van der Waals surface area contributed by atoms with Gasteiger partial charge >= 0.3 is 0 Å². The molecule has 0 aliphatic carbocycles. The SMILES string of the molecule is CC/C=C\C/C=C\C/C=C\C/C=C\C/C=C\C/C=C\C/C=C\C/C=C\C/C=C\C/C=C\C/C=C\CCCCCCCC(=O)NC(COP(=O)([O-])OCC[N+](C)(C)C)C(O)/C=C/CC/C=C/CCCCCCCCCCCCCCCCCCCCCC. The Bertz CT molecular complexity index is 1980. The molecule has 0 radical (unpaired) electrons. The fourth-order valence-electron chi connectivity index (χ4n) is 9.53. The number of hydrogen-bond donors (Lipinski definition) is 2. The minimum atomic E-state index is -4.63. The molecule has 2 N–H and O–H groups in total. The number of aliphatic hydroxyl groups is 1. The van der Waals surface area contributed by atoms with Crippen LogP contribution in [-0.4, -0.2) is 68.5 Å². The Balaban J connectivity index is 4.23. The van der Waals surface area contributed by atoms with Crippen LogP contribution in [0.5, 0.6) is 0 Å². The second-order valence-corrected chi connectivity index (χ2v) is 25.9. The number of hydrogen-bond acceptors (Lipinski definition) is 6. The molecule has 9 heteroatoms. The van der Waals surface area contributed by atoms with Crippen LogP contribution in [0.1, 0.15) is 277 Å². The van der Waals surface area contributed by atoms with E-state index in [4.69, 9.17) is 9.05 Å². The van der Waals surface area contributed by atoms with Crippen molar-refractivity contribution in [3.05, 3.63) is 158 Å². The number of aliphatic hydroxyl groups excluding tert-OH is 1. The Morgan fingerprint density at radius 2 is 0.713 bits per heavy atom. The van der Waals surface area contributed by atoms with Crippen LogP contribution in [0.2, 0.25) is 0 Å². The van der Waals surface area contributed by atoms with Crippen LogP contribution in [-0.2, 0) is 18.4 Å². The molecule has 3 atom stereocenters. The molecule has 1 amide bonds. The van der Waals surface area contributed by atoms with Gasteiger partial charge in [-0.3, -0.25) is 9.36 Å². The van der Waals surface area contributed by atoms with Gasteiger partial charge in [-0.15, -0.1) is 0 Å². The van der Waals surface area contributed by atoms with Crippen LogP contribution in [0.15, 0.2) is 158 Å². The van der Waals surface area contributed by atoms with Crippen molar-refractivity contribution in [2.45, 2.75) is 289 Å². The number of nitrogens with one attached hydrogen (secondary N) is 1. The van der Waals surface area contributed by atoms with Crippen molar-refractivity contribution < 1.29 is 32.9 Å². The van der Waals surface area contributed by atoms with E-state index in [2.05, 4.69) is 165 Å². The predicted octanol–water partition coefficient (Wildman–Crippen LogP) is 22.3. The number of carbonyl (C=O) groups excluding carboxylic acids is 1. The maximum absolute atomic E-state index is 13.0. The molecule has 0 aromatic carbocycles. The summed E-state index contributed by atoms with van der Waals surface area (Å²) in [7, 11) is 1.21. The van der Waals surface area contributed by atoms with E-state index in [0.717, 1.165) is 128 Å². The highest BCUT2D eigenvalue weighted by atomic mass is 31.2. The molecule has 0 fully saturated rings. The van der Waals surface area contributed by atoms with Gasteiger partial charge in [0.05, 0.1) is 39.9 Å². The smallest absolute Gasteiger partial charge is 0.268 e. The van der Waals surface area contributed by atoms with E-state index in [1.165, 1.54) is 128 Å². The Kier molecular flexibility index (Phi) is 63.6. The monoisotopic (exact) mass is 1220 g/mol. The highest BCUT2D eigenvalue weighted by molar-refractivity contribution is 7.45. The van der Waals surface area contributed by atoms with Gasteiger partial charge in [0, 0.05) is 6.42 Å². The number of rotatable bonds is 63. The zero-order chi connectivity index (χ0) is 63.4. The van der Waals surface area contributed by atoms with E-state index in [9.17, 15) is 19.4 Å². The number of unbranched alkanes of at least 4 members (excludes halogenated alkanes) is 26. The van der Waals surface area contributed by atoms with E-state index >= 15 is 0 Å². The zero-order valence-electron chi connectivity index (χ0n) is 56.7.